The van der Waals surface area contributed by atoms with E-state index in [0.29, 0.717) is 5.13 Å². The van der Waals surface area contributed by atoms with E-state index in [1.807, 2.05) is 24.3 Å². The van der Waals surface area contributed by atoms with Gasteiger partial charge in [0.1, 0.15) is 5.75 Å². The maximum absolute atomic E-state index is 5.25. The summed E-state index contributed by atoms with van der Waals surface area (Å²) in [5.74, 6) is 0.822. The van der Waals surface area contributed by atoms with E-state index in [1.54, 1.807) is 7.11 Å². The molecule has 1 heterocycles. The molecule has 0 saturated heterocycles. The Kier molecular flexibility index (Phi) is 5.28. The molecule has 0 fully saturated rings. The number of ether oxygens (including phenoxy) is 1. The molecule has 0 atom stereocenters. The van der Waals surface area contributed by atoms with Crippen LogP contribution in [0.2, 0.25) is 0 Å². The monoisotopic (exact) mass is 354 g/mol. The second kappa shape index (κ2) is 7.61. The molecular formula is C19H22N4OS. The minimum Gasteiger partial charge on any atom is -0.497 e. The van der Waals surface area contributed by atoms with Gasteiger partial charge in [-0.3, -0.25) is 0 Å². The number of anilines is 1. The number of azo groups is 1. The van der Waals surface area contributed by atoms with Gasteiger partial charge in [0.15, 0.2) is 0 Å². The van der Waals surface area contributed by atoms with Crippen molar-refractivity contribution in [2.75, 3.05) is 25.1 Å². The number of aromatic nitrogens is 1. The van der Waals surface area contributed by atoms with Crippen molar-refractivity contribution in [3.63, 3.8) is 0 Å². The zero-order valence-electron chi connectivity index (χ0n) is 15.0. The second-order valence-electron chi connectivity index (χ2n) is 5.67. The zero-order chi connectivity index (χ0) is 17.8. The summed E-state index contributed by atoms with van der Waals surface area (Å²) in [5, 5.41) is 9.36. The van der Waals surface area contributed by atoms with Gasteiger partial charge >= 0.3 is 0 Å². The van der Waals surface area contributed by atoms with Crippen LogP contribution in [0, 0.1) is 6.92 Å². The van der Waals surface area contributed by atoms with E-state index in [4.69, 9.17) is 4.74 Å². The van der Waals surface area contributed by atoms with E-state index in [-0.39, 0.29) is 0 Å². The molecule has 0 N–H and O–H groups in total. The van der Waals surface area contributed by atoms with Crippen LogP contribution in [-0.4, -0.2) is 25.2 Å². The number of rotatable bonds is 6. The smallest absolute Gasteiger partial charge is 0.231 e. The predicted octanol–water partition coefficient (Wildman–Crippen LogP) is 5.87. The van der Waals surface area contributed by atoms with Gasteiger partial charge in [-0.1, -0.05) is 11.3 Å². The van der Waals surface area contributed by atoms with Gasteiger partial charge in [0.05, 0.1) is 23.0 Å². The van der Waals surface area contributed by atoms with Crippen molar-refractivity contribution < 1.29 is 4.74 Å². The van der Waals surface area contributed by atoms with Crippen LogP contribution in [0.1, 0.15) is 19.4 Å². The SMILES string of the molecule is CCN(CC)c1ccc(N=Nc2nc3ccc(OC)cc3s2)c(C)c1. The lowest BCUT2D eigenvalue weighted by molar-refractivity contribution is 0.415. The molecule has 0 aliphatic carbocycles. The number of hydrogen-bond acceptors (Lipinski definition) is 6. The van der Waals surface area contributed by atoms with E-state index in [0.717, 1.165) is 40.3 Å². The third kappa shape index (κ3) is 3.79. The van der Waals surface area contributed by atoms with Crippen LogP contribution in [0.4, 0.5) is 16.5 Å². The molecule has 2 aromatic carbocycles. The third-order valence-corrected chi connectivity index (χ3v) is 5.04. The van der Waals surface area contributed by atoms with Gasteiger partial charge in [-0.05, 0) is 62.7 Å². The Morgan fingerprint density at radius 2 is 1.88 bits per heavy atom. The molecule has 0 unspecified atom stereocenters. The van der Waals surface area contributed by atoms with Crippen LogP contribution in [0.5, 0.6) is 5.75 Å². The lowest BCUT2D eigenvalue weighted by Gasteiger charge is -2.21. The highest BCUT2D eigenvalue weighted by Gasteiger charge is 2.06. The van der Waals surface area contributed by atoms with Crippen LogP contribution in [0.3, 0.4) is 0 Å². The molecule has 25 heavy (non-hydrogen) atoms. The predicted molar refractivity (Wildman–Crippen MR) is 105 cm³/mol. The fourth-order valence-electron chi connectivity index (χ4n) is 2.70. The number of fused-ring (bicyclic) bond motifs is 1. The van der Waals surface area contributed by atoms with E-state index in [9.17, 15) is 0 Å². The number of benzene rings is 2. The average molecular weight is 354 g/mol. The summed E-state index contributed by atoms with van der Waals surface area (Å²) in [6.07, 6.45) is 0. The molecule has 0 bridgehead atoms. The van der Waals surface area contributed by atoms with Crippen LogP contribution in [0.25, 0.3) is 10.2 Å². The number of hydrogen-bond donors (Lipinski definition) is 0. The van der Waals surface area contributed by atoms with Gasteiger partial charge in [0.25, 0.3) is 0 Å². The molecule has 0 radical (unpaired) electrons. The fourth-order valence-corrected chi connectivity index (χ4v) is 3.51. The van der Waals surface area contributed by atoms with Crippen molar-refractivity contribution in [3.8, 4) is 5.75 Å². The van der Waals surface area contributed by atoms with Crippen molar-refractivity contribution in [2.45, 2.75) is 20.8 Å². The normalized spacial score (nSPS) is 11.4. The van der Waals surface area contributed by atoms with Crippen molar-refractivity contribution in [2.24, 2.45) is 10.2 Å². The highest BCUT2D eigenvalue weighted by Crippen LogP contribution is 2.32. The maximum Gasteiger partial charge on any atom is 0.231 e. The summed E-state index contributed by atoms with van der Waals surface area (Å²) >= 11 is 1.51. The Morgan fingerprint density at radius 3 is 2.56 bits per heavy atom. The molecule has 0 aliphatic heterocycles. The number of methoxy groups -OCH3 is 1. The van der Waals surface area contributed by atoms with Crippen molar-refractivity contribution in [1.29, 1.82) is 0 Å². The molecule has 3 aromatic rings. The standard InChI is InChI=1S/C19H22N4OS/c1-5-23(6-2)14-7-9-16(13(3)11-14)21-22-19-20-17-10-8-15(24-4)12-18(17)25-19/h7-12H,5-6H2,1-4H3. The molecule has 130 valence electrons. The number of nitrogens with zero attached hydrogens (tertiary/aromatic N) is 4. The first-order chi connectivity index (χ1) is 12.1. The average Bonchev–Trinajstić information content (AvgIpc) is 3.04. The van der Waals surface area contributed by atoms with E-state index < -0.39 is 0 Å². The largest absolute Gasteiger partial charge is 0.497 e. The number of thiazole rings is 1. The lowest BCUT2D eigenvalue weighted by Crippen LogP contribution is -2.21. The quantitative estimate of drug-likeness (QED) is 0.520. The highest BCUT2D eigenvalue weighted by molar-refractivity contribution is 7.21. The maximum atomic E-state index is 5.25. The third-order valence-electron chi connectivity index (χ3n) is 4.14. The van der Waals surface area contributed by atoms with Gasteiger partial charge in [0, 0.05) is 18.8 Å². The summed E-state index contributed by atoms with van der Waals surface area (Å²) in [6.45, 7) is 8.37. The van der Waals surface area contributed by atoms with Gasteiger partial charge in [-0.25, -0.2) is 4.98 Å². The Bertz CT molecular complexity index is 900. The zero-order valence-corrected chi connectivity index (χ0v) is 15.8. The van der Waals surface area contributed by atoms with Gasteiger partial charge in [-0.2, -0.15) is 0 Å². The highest BCUT2D eigenvalue weighted by atomic mass is 32.1. The molecule has 3 rings (SSSR count). The molecule has 0 amide bonds. The first kappa shape index (κ1) is 17.4. The van der Waals surface area contributed by atoms with Crippen LogP contribution in [-0.2, 0) is 0 Å². The molecular weight excluding hydrogens is 332 g/mol. The molecule has 0 saturated carbocycles. The van der Waals surface area contributed by atoms with Crippen molar-refractivity contribution in [1.82, 2.24) is 4.98 Å². The molecule has 6 heteroatoms. The summed E-state index contributed by atoms with van der Waals surface area (Å²) in [5.41, 5.74) is 4.10. The van der Waals surface area contributed by atoms with Gasteiger partial charge < -0.3 is 9.64 Å². The van der Waals surface area contributed by atoms with E-state index >= 15 is 0 Å². The van der Waals surface area contributed by atoms with Crippen LogP contribution < -0.4 is 9.64 Å². The van der Waals surface area contributed by atoms with Crippen molar-refractivity contribution >= 4 is 38.1 Å². The lowest BCUT2D eigenvalue weighted by atomic mass is 10.1. The minimum atomic E-state index is 0.649. The fraction of sp³-hybridized carbons (Fsp3) is 0.316. The molecule has 5 nitrogen and oxygen atoms in total. The molecule has 0 spiro atoms. The Morgan fingerprint density at radius 1 is 1.08 bits per heavy atom. The van der Waals surface area contributed by atoms with Gasteiger partial charge in [0.2, 0.25) is 5.13 Å². The summed E-state index contributed by atoms with van der Waals surface area (Å²) in [4.78, 5) is 6.81. The summed E-state index contributed by atoms with van der Waals surface area (Å²) in [7, 11) is 1.66. The Labute approximate surface area is 152 Å². The first-order valence-corrected chi connectivity index (χ1v) is 9.18. The van der Waals surface area contributed by atoms with Crippen LogP contribution >= 0.6 is 11.3 Å². The number of aryl methyl sites for hydroxylation is 1. The molecule has 0 aliphatic rings. The Hall–Kier alpha value is -2.47. The molecule has 1 aromatic heterocycles. The van der Waals surface area contributed by atoms with E-state index in [1.165, 1.54) is 17.0 Å². The van der Waals surface area contributed by atoms with Gasteiger partial charge in [-0.15, -0.1) is 10.2 Å². The Balaban J connectivity index is 1.84. The summed E-state index contributed by atoms with van der Waals surface area (Å²) in [6, 6.07) is 12.1. The van der Waals surface area contributed by atoms with E-state index in [2.05, 4.69) is 53.0 Å². The van der Waals surface area contributed by atoms with Crippen molar-refractivity contribution in [3.05, 3.63) is 42.0 Å². The topological polar surface area (TPSA) is 50.1 Å². The summed E-state index contributed by atoms with van der Waals surface area (Å²) < 4.78 is 6.29. The minimum absolute atomic E-state index is 0.649. The first-order valence-electron chi connectivity index (χ1n) is 8.36. The second-order valence-corrected chi connectivity index (χ2v) is 6.68. The van der Waals surface area contributed by atoms with Crippen LogP contribution in [0.15, 0.2) is 46.6 Å².